The standard InChI is InChI=1S/C18H25N3O.HI/c1-3-11-19-18(20-12-10-17-9-6-13-22-17)21-14-16-8-5-4-7-15(16)2;/h4-9,13H,3,10-12,14H2,1-2H3,(H2,19,20,21);1H. The summed E-state index contributed by atoms with van der Waals surface area (Å²) < 4.78 is 5.34. The summed E-state index contributed by atoms with van der Waals surface area (Å²) in [6.07, 6.45) is 3.63. The van der Waals surface area contributed by atoms with Gasteiger partial charge < -0.3 is 15.1 Å². The normalized spacial score (nSPS) is 11.0. The van der Waals surface area contributed by atoms with E-state index in [2.05, 4.69) is 53.7 Å². The third-order valence-corrected chi connectivity index (χ3v) is 3.46. The molecular formula is C18H26IN3O. The van der Waals surface area contributed by atoms with Gasteiger partial charge >= 0.3 is 0 Å². The Kier molecular flexibility index (Phi) is 9.43. The molecule has 0 amide bonds. The average Bonchev–Trinajstić information content (AvgIpc) is 3.04. The molecule has 0 fully saturated rings. The lowest BCUT2D eigenvalue weighted by molar-refractivity contribution is 0.506. The molecule has 0 aliphatic rings. The van der Waals surface area contributed by atoms with Gasteiger partial charge in [-0.3, -0.25) is 0 Å². The number of guanidine groups is 1. The van der Waals surface area contributed by atoms with Crippen molar-refractivity contribution in [3.8, 4) is 0 Å². The highest BCUT2D eigenvalue weighted by Gasteiger charge is 2.01. The van der Waals surface area contributed by atoms with Crippen LogP contribution in [0.5, 0.6) is 0 Å². The molecule has 126 valence electrons. The second kappa shape index (κ2) is 11.1. The number of rotatable bonds is 7. The molecule has 0 aliphatic carbocycles. The number of nitrogens with zero attached hydrogens (tertiary/aromatic N) is 1. The van der Waals surface area contributed by atoms with E-state index in [0.717, 1.165) is 37.7 Å². The van der Waals surface area contributed by atoms with E-state index >= 15 is 0 Å². The van der Waals surface area contributed by atoms with Crippen LogP contribution in [0.3, 0.4) is 0 Å². The summed E-state index contributed by atoms with van der Waals surface area (Å²) in [5.74, 6) is 1.85. The average molecular weight is 427 g/mol. The van der Waals surface area contributed by atoms with Crippen molar-refractivity contribution in [1.82, 2.24) is 10.6 Å². The van der Waals surface area contributed by atoms with Gasteiger partial charge in [-0.15, -0.1) is 24.0 Å². The van der Waals surface area contributed by atoms with Crippen molar-refractivity contribution in [1.29, 1.82) is 0 Å². The molecule has 4 nitrogen and oxygen atoms in total. The van der Waals surface area contributed by atoms with Gasteiger partial charge in [0.05, 0.1) is 12.8 Å². The van der Waals surface area contributed by atoms with Crippen LogP contribution in [0.2, 0.25) is 0 Å². The minimum absolute atomic E-state index is 0. The molecule has 1 aromatic carbocycles. The molecule has 0 saturated carbocycles. The van der Waals surface area contributed by atoms with E-state index in [0.29, 0.717) is 6.54 Å². The van der Waals surface area contributed by atoms with Gasteiger partial charge in [0.25, 0.3) is 0 Å². The lowest BCUT2D eigenvalue weighted by Crippen LogP contribution is -2.38. The summed E-state index contributed by atoms with van der Waals surface area (Å²) in [5, 5.41) is 6.71. The van der Waals surface area contributed by atoms with Crippen LogP contribution in [-0.2, 0) is 13.0 Å². The molecule has 2 N–H and O–H groups in total. The molecular weight excluding hydrogens is 401 g/mol. The molecule has 0 saturated heterocycles. The number of nitrogens with one attached hydrogen (secondary N) is 2. The van der Waals surface area contributed by atoms with Gasteiger partial charge in [-0.1, -0.05) is 31.2 Å². The maximum atomic E-state index is 5.34. The van der Waals surface area contributed by atoms with Gasteiger partial charge in [0, 0.05) is 19.5 Å². The first-order valence-corrected chi connectivity index (χ1v) is 7.88. The zero-order valence-electron chi connectivity index (χ0n) is 13.8. The predicted molar refractivity (Wildman–Crippen MR) is 106 cm³/mol. The monoisotopic (exact) mass is 427 g/mol. The molecule has 0 unspecified atom stereocenters. The van der Waals surface area contributed by atoms with Crippen molar-refractivity contribution < 1.29 is 4.42 Å². The van der Waals surface area contributed by atoms with E-state index in [-0.39, 0.29) is 24.0 Å². The Morgan fingerprint density at radius 3 is 2.57 bits per heavy atom. The number of benzene rings is 1. The van der Waals surface area contributed by atoms with Crippen LogP contribution in [0.1, 0.15) is 30.2 Å². The number of halogens is 1. The molecule has 0 atom stereocenters. The van der Waals surface area contributed by atoms with Crippen molar-refractivity contribution in [3.05, 3.63) is 59.5 Å². The lowest BCUT2D eigenvalue weighted by atomic mass is 10.1. The number of aliphatic imine (C=N–C) groups is 1. The molecule has 0 radical (unpaired) electrons. The van der Waals surface area contributed by atoms with Crippen molar-refractivity contribution in [2.75, 3.05) is 13.1 Å². The number of aryl methyl sites for hydroxylation is 1. The van der Waals surface area contributed by atoms with Crippen molar-refractivity contribution in [3.63, 3.8) is 0 Å². The zero-order valence-corrected chi connectivity index (χ0v) is 16.2. The van der Waals surface area contributed by atoms with E-state index < -0.39 is 0 Å². The van der Waals surface area contributed by atoms with Crippen LogP contribution in [0, 0.1) is 6.92 Å². The fraction of sp³-hybridized carbons (Fsp3) is 0.389. The highest BCUT2D eigenvalue weighted by Crippen LogP contribution is 2.08. The fourth-order valence-corrected chi connectivity index (χ4v) is 2.13. The van der Waals surface area contributed by atoms with Gasteiger partial charge in [-0.25, -0.2) is 4.99 Å². The van der Waals surface area contributed by atoms with Gasteiger partial charge in [-0.05, 0) is 36.6 Å². The summed E-state index contributed by atoms with van der Waals surface area (Å²) in [5.41, 5.74) is 2.53. The summed E-state index contributed by atoms with van der Waals surface area (Å²) >= 11 is 0. The van der Waals surface area contributed by atoms with Crippen LogP contribution in [0.25, 0.3) is 0 Å². The summed E-state index contributed by atoms with van der Waals surface area (Å²) in [6, 6.07) is 12.3. The smallest absolute Gasteiger partial charge is 0.191 e. The molecule has 1 heterocycles. The Balaban J connectivity index is 0.00000264. The van der Waals surface area contributed by atoms with Crippen molar-refractivity contribution in [2.24, 2.45) is 4.99 Å². The van der Waals surface area contributed by atoms with Crippen LogP contribution in [0.4, 0.5) is 0 Å². The van der Waals surface area contributed by atoms with E-state index in [9.17, 15) is 0 Å². The molecule has 0 aliphatic heterocycles. The van der Waals surface area contributed by atoms with E-state index in [1.807, 2.05) is 12.1 Å². The van der Waals surface area contributed by atoms with Crippen molar-refractivity contribution in [2.45, 2.75) is 33.2 Å². The number of furan rings is 1. The van der Waals surface area contributed by atoms with Gasteiger partial charge in [0.1, 0.15) is 5.76 Å². The first-order valence-electron chi connectivity index (χ1n) is 7.88. The van der Waals surface area contributed by atoms with Crippen molar-refractivity contribution >= 4 is 29.9 Å². The maximum absolute atomic E-state index is 5.34. The number of hydrogen-bond acceptors (Lipinski definition) is 2. The second-order valence-corrected chi connectivity index (χ2v) is 5.27. The molecule has 2 rings (SSSR count). The largest absolute Gasteiger partial charge is 0.469 e. The predicted octanol–water partition coefficient (Wildman–Crippen LogP) is 3.89. The molecule has 0 bridgehead atoms. The van der Waals surface area contributed by atoms with E-state index in [1.165, 1.54) is 11.1 Å². The Hall–Kier alpha value is -1.50. The SMILES string of the molecule is CCCNC(=NCc1ccccc1C)NCCc1ccco1.I. The highest BCUT2D eigenvalue weighted by molar-refractivity contribution is 14.0. The minimum Gasteiger partial charge on any atom is -0.469 e. The molecule has 5 heteroatoms. The van der Waals surface area contributed by atoms with E-state index in [4.69, 9.17) is 4.42 Å². The Morgan fingerprint density at radius 2 is 1.87 bits per heavy atom. The topological polar surface area (TPSA) is 49.6 Å². The first kappa shape index (κ1) is 19.5. The Morgan fingerprint density at radius 1 is 1.09 bits per heavy atom. The fourth-order valence-electron chi connectivity index (χ4n) is 2.13. The molecule has 23 heavy (non-hydrogen) atoms. The van der Waals surface area contributed by atoms with Gasteiger partial charge in [-0.2, -0.15) is 0 Å². The highest BCUT2D eigenvalue weighted by atomic mass is 127. The van der Waals surface area contributed by atoms with Crippen LogP contribution < -0.4 is 10.6 Å². The summed E-state index contributed by atoms with van der Waals surface area (Å²) in [4.78, 5) is 4.67. The molecule has 0 spiro atoms. The molecule has 1 aromatic heterocycles. The summed E-state index contributed by atoms with van der Waals surface area (Å²) in [7, 11) is 0. The maximum Gasteiger partial charge on any atom is 0.191 e. The van der Waals surface area contributed by atoms with Crippen LogP contribution in [0.15, 0.2) is 52.1 Å². The quantitative estimate of drug-likeness (QED) is 0.401. The minimum atomic E-state index is 0. The number of hydrogen-bond donors (Lipinski definition) is 2. The third-order valence-electron chi connectivity index (χ3n) is 3.46. The van der Waals surface area contributed by atoms with Gasteiger partial charge in [0.2, 0.25) is 0 Å². The zero-order chi connectivity index (χ0) is 15.6. The van der Waals surface area contributed by atoms with Crippen LogP contribution in [-0.4, -0.2) is 19.0 Å². The first-order chi connectivity index (χ1) is 10.8. The Labute approximate surface area is 155 Å². The third kappa shape index (κ3) is 7.07. The van der Waals surface area contributed by atoms with Gasteiger partial charge in [0.15, 0.2) is 5.96 Å². The van der Waals surface area contributed by atoms with Crippen LogP contribution >= 0.6 is 24.0 Å². The summed E-state index contributed by atoms with van der Waals surface area (Å²) in [6.45, 7) is 6.67. The molecule has 2 aromatic rings. The second-order valence-electron chi connectivity index (χ2n) is 5.27. The Bertz CT molecular complexity index is 582. The van der Waals surface area contributed by atoms with E-state index in [1.54, 1.807) is 6.26 Å². The lowest BCUT2D eigenvalue weighted by Gasteiger charge is -2.12.